The third kappa shape index (κ3) is 4.37. The largest absolute Gasteiger partial charge is 0.422 e. The maximum absolute atomic E-state index is 14.1. The first kappa shape index (κ1) is 23.3. The molecule has 0 radical (unpaired) electrons. The van der Waals surface area contributed by atoms with E-state index in [-0.39, 0.29) is 23.7 Å². The van der Waals surface area contributed by atoms with Gasteiger partial charge in [-0.15, -0.1) is 0 Å². The monoisotopic (exact) mass is 483 g/mol. The number of aromatic nitrogens is 2. The summed E-state index contributed by atoms with van der Waals surface area (Å²) in [6.45, 7) is 1.70. The number of fused-ring (bicyclic) bond motifs is 3. The van der Waals surface area contributed by atoms with Crippen LogP contribution < -0.4 is 5.73 Å². The minimum atomic E-state index is -4.70. The third-order valence-electron chi connectivity index (χ3n) is 6.43. The summed E-state index contributed by atoms with van der Waals surface area (Å²) in [7, 11) is 0. The predicted octanol–water partition coefficient (Wildman–Crippen LogP) is 5.42. The molecule has 3 N–H and O–H groups in total. The SMILES string of the molecule is C[C@@](N)(CO)CCc1ccc2c(c1)CCc1c-2noc1-c1noc(-c2ccccc2)c1C(F)(F)F. The topological polar surface area (TPSA) is 98.3 Å². The lowest BCUT2D eigenvalue weighted by molar-refractivity contribution is -0.136. The lowest BCUT2D eigenvalue weighted by Gasteiger charge is -2.22. The lowest BCUT2D eigenvalue weighted by atomic mass is 9.86. The number of hydrogen-bond acceptors (Lipinski definition) is 6. The van der Waals surface area contributed by atoms with E-state index in [9.17, 15) is 18.3 Å². The van der Waals surface area contributed by atoms with Gasteiger partial charge in [-0.1, -0.05) is 58.8 Å². The first-order chi connectivity index (χ1) is 16.7. The van der Waals surface area contributed by atoms with Gasteiger partial charge < -0.3 is 19.9 Å². The van der Waals surface area contributed by atoms with Crippen molar-refractivity contribution >= 4 is 0 Å². The van der Waals surface area contributed by atoms with Gasteiger partial charge in [-0.25, -0.2) is 0 Å². The van der Waals surface area contributed by atoms with Crippen LogP contribution in [0.4, 0.5) is 13.2 Å². The number of aliphatic hydroxyl groups is 1. The van der Waals surface area contributed by atoms with Crippen LogP contribution in [0.2, 0.25) is 0 Å². The summed E-state index contributed by atoms with van der Waals surface area (Å²) in [6.07, 6.45) is -2.30. The average Bonchev–Trinajstić information content (AvgIpc) is 3.47. The van der Waals surface area contributed by atoms with Crippen LogP contribution in [-0.4, -0.2) is 27.6 Å². The second-order valence-electron chi connectivity index (χ2n) is 9.24. The standard InChI is InChI=1S/C26H24F3N3O3/c1-25(30,14-33)12-11-15-7-9-18-17(13-15)8-10-19-21(18)31-35-24(19)22-20(26(27,28)29)23(34-32-22)16-5-3-2-4-6-16/h2-7,9,13,33H,8,10-12,14,30H2,1H3/t25-/m0/s1. The Kier molecular flexibility index (Phi) is 5.77. The van der Waals surface area contributed by atoms with Crippen molar-refractivity contribution in [2.75, 3.05) is 6.61 Å². The second kappa shape index (κ2) is 8.66. The average molecular weight is 483 g/mol. The molecule has 2 aromatic carbocycles. The molecule has 182 valence electrons. The normalized spacial score (nSPS) is 14.9. The van der Waals surface area contributed by atoms with E-state index in [2.05, 4.69) is 16.4 Å². The van der Waals surface area contributed by atoms with Crippen LogP contribution >= 0.6 is 0 Å². The van der Waals surface area contributed by atoms with Gasteiger partial charge >= 0.3 is 6.18 Å². The molecular weight excluding hydrogens is 459 g/mol. The molecule has 2 heterocycles. The van der Waals surface area contributed by atoms with Crippen LogP contribution in [0.5, 0.6) is 0 Å². The van der Waals surface area contributed by atoms with Crippen molar-refractivity contribution in [3.8, 4) is 34.0 Å². The molecule has 0 bridgehead atoms. The quantitative estimate of drug-likeness (QED) is 0.380. The van der Waals surface area contributed by atoms with Gasteiger partial charge in [0.05, 0.1) is 6.61 Å². The smallest absolute Gasteiger partial charge is 0.394 e. The van der Waals surface area contributed by atoms with Gasteiger partial charge in [0, 0.05) is 22.2 Å². The molecule has 0 amide bonds. The summed E-state index contributed by atoms with van der Waals surface area (Å²) in [5.41, 5.74) is 8.33. The number of nitrogens with zero attached hydrogens (tertiary/aromatic N) is 2. The molecule has 0 saturated carbocycles. The molecule has 2 aromatic heterocycles. The maximum atomic E-state index is 14.1. The van der Waals surface area contributed by atoms with Gasteiger partial charge in [0.25, 0.3) is 0 Å². The van der Waals surface area contributed by atoms with Gasteiger partial charge in [0.2, 0.25) is 0 Å². The van der Waals surface area contributed by atoms with E-state index in [0.29, 0.717) is 36.9 Å². The number of benzene rings is 2. The summed E-state index contributed by atoms with van der Waals surface area (Å²) in [6, 6.07) is 14.0. The molecule has 35 heavy (non-hydrogen) atoms. The molecule has 5 rings (SSSR count). The van der Waals surface area contributed by atoms with Crippen molar-refractivity contribution in [2.45, 2.75) is 44.3 Å². The Morgan fingerprint density at radius 3 is 2.40 bits per heavy atom. The van der Waals surface area contributed by atoms with Crippen molar-refractivity contribution in [2.24, 2.45) is 5.73 Å². The van der Waals surface area contributed by atoms with E-state index >= 15 is 0 Å². The molecule has 9 heteroatoms. The Morgan fingerprint density at radius 1 is 0.971 bits per heavy atom. The van der Waals surface area contributed by atoms with Gasteiger partial charge in [-0.2, -0.15) is 13.2 Å². The Bertz CT molecular complexity index is 1360. The molecule has 0 spiro atoms. The molecule has 0 saturated heterocycles. The van der Waals surface area contributed by atoms with E-state index in [0.717, 1.165) is 16.7 Å². The molecule has 0 fully saturated rings. The van der Waals surface area contributed by atoms with Crippen LogP contribution in [0.3, 0.4) is 0 Å². The minimum absolute atomic E-state index is 0.0187. The Hall–Kier alpha value is -3.43. The molecule has 0 unspecified atom stereocenters. The molecule has 1 atom stereocenters. The lowest BCUT2D eigenvalue weighted by Crippen LogP contribution is -2.40. The van der Waals surface area contributed by atoms with E-state index < -0.39 is 23.0 Å². The van der Waals surface area contributed by atoms with Crippen LogP contribution in [0.15, 0.2) is 57.6 Å². The molecule has 1 aliphatic rings. The zero-order chi connectivity index (χ0) is 24.8. The summed E-state index contributed by atoms with van der Waals surface area (Å²) in [5.74, 6) is -0.372. The van der Waals surface area contributed by atoms with Crippen LogP contribution in [0.25, 0.3) is 34.0 Å². The maximum Gasteiger partial charge on any atom is 0.422 e. The van der Waals surface area contributed by atoms with E-state index in [1.807, 2.05) is 12.1 Å². The number of aryl methyl sites for hydroxylation is 2. The van der Waals surface area contributed by atoms with E-state index in [1.54, 1.807) is 25.1 Å². The molecule has 4 aromatic rings. The van der Waals surface area contributed by atoms with E-state index in [4.69, 9.17) is 14.8 Å². The molecule has 0 aliphatic heterocycles. The van der Waals surface area contributed by atoms with E-state index in [1.165, 1.54) is 12.1 Å². The van der Waals surface area contributed by atoms with Crippen molar-refractivity contribution in [3.05, 3.63) is 70.8 Å². The van der Waals surface area contributed by atoms with Gasteiger partial charge in [-0.3, -0.25) is 0 Å². The van der Waals surface area contributed by atoms with Crippen molar-refractivity contribution in [1.29, 1.82) is 0 Å². The zero-order valence-electron chi connectivity index (χ0n) is 19.0. The first-order valence-electron chi connectivity index (χ1n) is 11.3. The highest BCUT2D eigenvalue weighted by molar-refractivity contribution is 5.79. The van der Waals surface area contributed by atoms with Crippen molar-refractivity contribution in [1.82, 2.24) is 10.3 Å². The number of hydrogen-bond donors (Lipinski definition) is 2. The van der Waals surface area contributed by atoms with Gasteiger partial charge in [0.1, 0.15) is 11.3 Å². The Morgan fingerprint density at radius 2 is 1.69 bits per heavy atom. The number of halogens is 3. The highest BCUT2D eigenvalue weighted by Crippen LogP contribution is 2.46. The highest BCUT2D eigenvalue weighted by Gasteiger charge is 2.43. The Labute approximate surface area is 199 Å². The van der Waals surface area contributed by atoms with Gasteiger partial charge in [-0.05, 0) is 43.7 Å². The highest BCUT2D eigenvalue weighted by atomic mass is 19.4. The molecular formula is C26H24F3N3O3. The number of aliphatic hydroxyl groups excluding tert-OH is 1. The van der Waals surface area contributed by atoms with Crippen molar-refractivity contribution in [3.63, 3.8) is 0 Å². The summed E-state index contributed by atoms with van der Waals surface area (Å²) >= 11 is 0. The van der Waals surface area contributed by atoms with Crippen molar-refractivity contribution < 1.29 is 27.3 Å². The fourth-order valence-electron chi connectivity index (χ4n) is 4.44. The summed E-state index contributed by atoms with van der Waals surface area (Å²) in [4.78, 5) is 0. The number of nitrogens with two attached hydrogens (primary N) is 1. The zero-order valence-corrected chi connectivity index (χ0v) is 19.0. The second-order valence-corrected chi connectivity index (χ2v) is 9.24. The Balaban J connectivity index is 1.52. The van der Waals surface area contributed by atoms with Crippen LogP contribution in [0, 0.1) is 0 Å². The number of alkyl halides is 3. The first-order valence-corrected chi connectivity index (χ1v) is 11.3. The third-order valence-corrected chi connectivity index (χ3v) is 6.43. The summed E-state index contributed by atoms with van der Waals surface area (Å²) in [5, 5.41) is 17.3. The fourth-order valence-corrected chi connectivity index (χ4v) is 4.44. The molecule has 1 aliphatic carbocycles. The molecule has 6 nitrogen and oxygen atoms in total. The minimum Gasteiger partial charge on any atom is -0.394 e. The van der Waals surface area contributed by atoms with Crippen LogP contribution in [-0.2, 0) is 25.4 Å². The number of rotatable bonds is 6. The summed E-state index contributed by atoms with van der Waals surface area (Å²) < 4.78 is 53.0. The van der Waals surface area contributed by atoms with Gasteiger partial charge in [0.15, 0.2) is 17.2 Å². The van der Waals surface area contributed by atoms with Crippen LogP contribution in [0.1, 0.15) is 35.6 Å². The fraction of sp³-hybridized carbons (Fsp3) is 0.308. The predicted molar refractivity (Wildman–Crippen MR) is 123 cm³/mol.